The maximum absolute atomic E-state index is 12.1. The molecule has 0 bridgehead atoms. The van der Waals surface area contributed by atoms with Gasteiger partial charge in [-0.25, -0.2) is 13.4 Å². The molecule has 6 nitrogen and oxygen atoms in total. The molecule has 21 heavy (non-hydrogen) atoms. The monoisotopic (exact) mass is 347 g/mol. The summed E-state index contributed by atoms with van der Waals surface area (Å²) in [5.74, 6) is -0.354. The fourth-order valence-corrected chi connectivity index (χ4v) is 3.12. The molecule has 0 saturated carbocycles. The fraction of sp³-hybridized carbons (Fsp3) is 0.333. The predicted octanol–water partition coefficient (Wildman–Crippen LogP) is 1.80. The van der Waals surface area contributed by atoms with E-state index in [1.807, 2.05) is 0 Å². The second-order valence-corrected chi connectivity index (χ2v) is 8.12. The Hall–Kier alpha value is -1.22. The number of rotatable bonds is 4. The van der Waals surface area contributed by atoms with E-state index in [1.165, 1.54) is 23.3 Å². The highest BCUT2D eigenvalue weighted by Gasteiger charge is 2.20. The largest absolute Gasteiger partial charge is 0.290 e. The van der Waals surface area contributed by atoms with Crippen LogP contribution in [-0.4, -0.2) is 50.5 Å². The summed E-state index contributed by atoms with van der Waals surface area (Å²) in [6.45, 7) is -0.230. The van der Waals surface area contributed by atoms with Gasteiger partial charge in [-0.1, -0.05) is 22.9 Å². The molecule has 0 radical (unpaired) electrons. The molecule has 1 aromatic heterocycles. The molecular formula is C12H14ClN3O3S2. The summed E-state index contributed by atoms with van der Waals surface area (Å²) in [5, 5.41) is 1.10. The molecule has 2 aromatic rings. The first-order valence-corrected chi connectivity index (χ1v) is 8.96. The van der Waals surface area contributed by atoms with Gasteiger partial charge in [0.05, 0.1) is 23.0 Å². The Morgan fingerprint density at radius 2 is 2.05 bits per heavy atom. The van der Waals surface area contributed by atoms with E-state index in [-0.39, 0.29) is 12.5 Å². The van der Waals surface area contributed by atoms with Crippen LogP contribution >= 0.6 is 22.9 Å². The Balaban J connectivity index is 2.21. The van der Waals surface area contributed by atoms with Crippen molar-refractivity contribution in [3.05, 3.63) is 23.2 Å². The van der Waals surface area contributed by atoms with E-state index in [9.17, 15) is 13.2 Å². The molecule has 0 spiro atoms. The summed E-state index contributed by atoms with van der Waals surface area (Å²) < 4.78 is 24.5. The third-order valence-corrected chi connectivity index (χ3v) is 5.52. The number of fused-ring (bicyclic) bond motifs is 1. The van der Waals surface area contributed by atoms with Gasteiger partial charge in [0, 0.05) is 19.1 Å². The van der Waals surface area contributed by atoms with Crippen LogP contribution in [0.15, 0.2) is 18.2 Å². The van der Waals surface area contributed by atoms with Crippen LogP contribution < -0.4 is 4.90 Å². The van der Waals surface area contributed by atoms with E-state index in [0.717, 1.165) is 20.8 Å². The van der Waals surface area contributed by atoms with E-state index in [0.29, 0.717) is 10.2 Å². The van der Waals surface area contributed by atoms with Crippen LogP contribution in [0.5, 0.6) is 0 Å². The Kier molecular flexibility index (Phi) is 4.52. The van der Waals surface area contributed by atoms with E-state index in [1.54, 1.807) is 25.2 Å². The average molecular weight is 348 g/mol. The number of hydrogen-bond donors (Lipinski definition) is 0. The van der Waals surface area contributed by atoms with Crippen LogP contribution in [0.4, 0.5) is 5.13 Å². The molecule has 0 saturated heterocycles. The molecule has 114 valence electrons. The highest BCUT2D eigenvalue weighted by Crippen LogP contribution is 2.30. The van der Waals surface area contributed by atoms with Crippen LogP contribution in [0.1, 0.15) is 0 Å². The number of sulfonamides is 1. The number of amides is 1. The summed E-state index contributed by atoms with van der Waals surface area (Å²) in [5.41, 5.74) is 0.746. The summed E-state index contributed by atoms with van der Waals surface area (Å²) in [6.07, 6.45) is 1.06. The van der Waals surface area contributed by atoms with Crippen LogP contribution in [0.2, 0.25) is 5.02 Å². The van der Waals surface area contributed by atoms with E-state index < -0.39 is 10.0 Å². The molecule has 0 unspecified atom stereocenters. The number of thiazole rings is 1. The number of halogens is 1. The lowest BCUT2D eigenvalue weighted by molar-refractivity contribution is -0.118. The van der Waals surface area contributed by atoms with Gasteiger partial charge in [-0.05, 0) is 18.2 Å². The quantitative estimate of drug-likeness (QED) is 0.845. The van der Waals surface area contributed by atoms with Gasteiger partial charge in [0.1, 0.15) is 0 Å². The summed E-state index contributed by atoms with van der Waals surface area (Å²) in [7, 11) is -0.465. The third kappa shape index (κ3) is 3.70. The number of likely N-dealkylation sites (N-methyl/N-ethyl adjacent to an activating group) is 2. The molecule has 0 aliphatic heterocycles. The molecule has 0 N–H and O–H groups in total. The molecule has 0 atom stereocenters. The first kappa shape index (κ1) is 16.2. The van der Waals surface area contributed by atoms with Crippen molar-refractivity contribution in [1.82, 2.24) is 9.29 Å². The summed E-state index contributed by atoms with van der Waals surface area (Å²) >= 11 is 7.24. The molecule has 0 aliphatic rings. The van der Waals surface area contributed by atoms with Gasteiger partial charge < -0.3 is 0 Å². The normalized spacial score (nSPS) is 12.0. The second kappa shape index (κ2) is 5.88. The zero-order valence-corrected chi connectivity index (χ0v) is 14.1. The first-order valence-electron chi connectivity index (χ1n) is 5.92. The van der Waals surface area contributed by atoms with Crippen molar-refractivity contribution in [3.63, 3.8) is 0 Å². The van der Waals surface area contributed by atoms with Crippen molar-refractivity contribution in [3.8, 4) is 0 Å². The van der Waals surface area contributed by atoms with Gasteiger partial charge in [-0.2, -0.15) is 4.31 Å². The number of hydrogen-bond acceptors (Lipinski definition) is 5. The molecular weight excluding hydrogens is 334 g/mol. The predicted molar refractivity (Wildman–Crippen MR) is 85.5 cm³/mol. The fourth-order valence-electron chi connectivity index (χ4n) is 1.55. The van der Waals surface area contributed by atoms with Crippen LogP contribution in [0.3, 0.4) is 0 Å². The number of anilines is 1. The minimum absolute atomic E-state index is 0.230. The maximum Gasteiger partial charge on any atom is 0.243 e. The van der Waals surface area contributed by atoms with Crippen molar-refractivity contribution in [2.24, 2.45) is 0 Å². The van der Waals surface area contributed by atoms with Crippen molar-refractivity contribution < 1.29 is 13.2 Å². The number of nitrogens with zero attached hydrogens (tertiary/aromatic N) is 3. The maximum atomic E-state index is 12.1. The smallest absolute Gasteiger partial charge is 0.243 e. The van der Waals surface area contributed by atoms with Crippen LogP contribution in [0, 0.1) is 0 Å². The van der Waals surface area contributed by atoms with Gasteiger partial charge in [0.15, 0.2) is 5.13 Å². The summed E-state index contributed by atoms with van der Waals surface area (Å²) in [6, 6.07) is 5.28. The Morgan fingerprint density at radius 3 is 2.67 bits per heavy atom. The Labute approximate surface area is 132 Å². The van der Waals surface area contributed by atoms with E-state index in [2.05, 4.69) is 4.98 Å². The number of benzene rings is 1. The molecule has 1 amide bonds. The minimum atomic E-state index is -3.39. The first-order chi connectivity index (χ1) is 9.68. The van der Waals surface area contributed by atoms with Gasteiger partial charge >= 0.3 is 0 Å². The van der Waals surface area contributed by atoms with Crippen molar-refractivity contribution >= 4 is 54.2 Å². The van der Waals surface area contributed by atoms with Crippen LogP contribution in [0.25, 0.3) is 10.2 Å². The molecule has 0 aliphatic carbocycles. The van der Waals surface area contributed by atoms with Gasteiger partial charge in [-0.15, -0.1) is 0 Å². The highest BCUT2D eigenvalue weighted by atomic mass is 35.5. The highest BCUT2D eigenvalue weighted by molar-refractivity contribution is 7.88. The standard InChI is InChI=1S/C12H14ClN3O3S2/c1-15(21(3,18)19)7-11(17)16(2)12-14-9-5-4-8(13)6-10(9)20-12/h4-6H,7H2,1-3H3. The molecule has 1 heterocycles. The van der Waals surface area contributed by atoms with E-state index >= 15 is 0 Å². The average Bonchev–Trinajstić information content (AvgIpc) is 2.79. The Morgan fingerprint density at radius 1 is 1.38 bits per heavy atom. The topological polar surface area (TPSA) is 70.6 Å². The minimum Gasteiger partial charge on any atom is -0.290 e. The number of carbonyl (C=O) groups excluding carboxylic acids is 1. The summed E-state index contributed by atoms with van der Waals surface area (Å²) in [4.78, 5) is 17.8. The SMILES string of the molecule is CN(C(=O)CN(C)S(C)(=O)=O)c1nc2ccc(Cl)cc2s1. The van der Waals surface area contributed by atoms with Gasteiger partial charge in [0.25, 0.3) is 0 Å². The van der Waals surface area contributed by atoms with Crippen molar-refractivity contribution in [1.29, 1.82) is 0 Å². The van der Waals surface area contributed by atoms with Crippen LogP contribution in [-0.2, 0) is 14.8 Å². The van der Waals surface area contributed by atoms with Crippen molar-refractivity contribution in [2.75, 3.05) is 31.8 Å². The van der Waals surface area contributed by atoms with E-state index in [4.69, 9.17) is 11.6 Å². The third-order valence-electron chi connectivity index (χ3n) is 2.92. The zero-order valence-electron chi connectivity index (χ0n) is 11.7. The van der Waals surface area contributed by atoms with Gasteiger partial charge in [-0.3, -0.25) is 9.69 Å². The number of carbonyl (C=O) groups is 1. The zero-order chi connectivity index (χ0) is 15.8. The second-order valence-electron chi connectivity index (χ2n) is 4.58. The van der Waals surface area contributed by atoms with Crippen molar-refractivity contribution in [2.45, 2.75) is 0 Å². The lowest BCUT2D eigenvalue weighted by Gasteiger charge is -2.18. The molecule has 1 aromatic carbocycles. The molecule has 9 heteroatoms. The molecule has 2 rings (SSSR count). The molecule has 0 fully saturated rings. The lowest BCUT2D eigenvalue weighted by atomic mass is 10.3. The number of aromatic nitrogens is 1. The Bertz CT molecular complexity index is 788. The van der Waals surface area contributed by atoms with Gasteiger partial charge in [0.2, 0.25) is 15.9 Å². The lowest BCUT2D eigenvalue weighted by Crippen LogP contribution is -2.38.